The molecule has 1 saturated heterocycles. The van der Waals surface area contributed by atoms with E-state index in [9.17, 15) is 0 Å². The Morgan fingerprint density at radius 1 is 1.27 bits per heavy atom. The summed E-state index contributed by atoms with van der Waals surface area (Å²) in [4.78, 5) is 0. The lowest BCUT2D eigenvalue weighted by molar-refractivity contribution is 0.276. The van der Waals surface area contributed by atoms with E-state index in [0.29, 0.717) is 12.6 Å². The molecule has 0 spiro atoms. The molecule has 1 heterocycles. The normalized spacial score (nSPS) is 25.4. The second-order valence-corrected chi connectivity index (χ2v) is 3.07. The van der Waals surface area contributed by atoms with Gasteiger partial charge in [0, 0.05) is 32.3 Å². The van der Waals surface area contributed by atoms with Crippen LogP contribution in [-0.4, -0.2) is 37.4 Å². The highest BCUT2D eigenvalue weighted by molar-refractivity contribution is 4.74. The van der Waals surface area contributed by atoms with E-state index in [-0.39, 0.29) is 0 Å². The van der Waals surface area contributed by atoms with Gasteiger partial charge in [-0.2, -0.15) is 0 Å². The molecule has 3 nitrogen and oxygen atoms in total. The van der Waals surface area contributed by atoms with Crippen LogP contribution in [0.1, 0.15) is 19.3 Å². The molecule has 3 heteroatoms. The zero-order chi connectivity index (χ0) is 7.94. The van der Waals surface area contributed by atoms with Crippen LogP contribution < -0.4 is 10.6 Å². The number of piperazine rings is 1. The average molecular weight is 158 g/mol. The van der Waals surface area contributed by atoms with Crippen LogP contribution in [0.3, 0.4) is 0 Å². The maximum absolute atomic E-state index is 8.56. The number of nitrogens with one attached hydrogen (secondary N) is 2. The van der Waals surface area contributed by atoms with Crippen LogP contribution in [0.5, 0.6) is 0 Å². The van der Waals surface area contributed by atoms with Gasteiger partial charge in [0.2, 0.25) is 0 Å². The minimum Gasteiger partial charge on any atom is -0.396 e. The lowest BCUT2D eigenvalue weighted by Crippen LogP contribution is -2.48. The minimum atomic E-state index is 0.333. The number of rotatable bonds is 4. The van der Waals surface area contributed by atoms with Crippen molar-refractivity contribution in [3.05, 3.63) is 0 Å². The zero-order valence-electron chi connectivity index (χ0n) is 6.97. The summed E-state index contributed by atoms with van der Waals surface area (Å²) >= 11 is 0. The monoisotopic (exact) mass is 158 g/mol. The van der Waals surface area contributed by atoms with Gasteiger partial charge in [-0.3, -0.25) is 0 Å². The van der Waals surface area contributed by atoms with Gasteiger partial charge >= 0.3 is 0 Å². The Hall–Kier alpha value is -0.120. The van der Waals surface area contributed by atoms with Gasteiger partial charge in [-0.25, -0.2) is 0 Å². The minimum absolute atomic E-state index is 0.333. The Morgan fingerprint density at radius 3 is 2.82 bits per heavy atom. The van der Waals surface area contributed by atoms with Gasteiger partial charge in [0.1, 0.15) is 0 Å². The molecular weight excluding hydrogens is 140 g/mol. The Balaban J connectivity index is 1.96. The molecular formula is C8H18N2O. The van der Waals surface area contributed by atoms with E-state index in [2.05, 4.69) is 10.6 Å². The first-order chi connectivity index (χ1) is 5.43. The highest BCUT2D eigenvalue weighted by Gasteiger charge is 2.10. The van der Waals surface area contributed by atoms with Crippen molar-refractivity contribution in [1.29, 1.82) is 0 Å². The second-order valence-electron chi connectivity index (χ2n) is 3.07. The summed E-state index contributed by atoms with van der Waals surface area (Å²) in [5, 5.41) is 15.3. The van der Waals surface area contributed by atoms with Crippen LogP contribution >= 0.6 is 0 Å². The molecule has 0 bridgehead atoms. The first-order valence-electron chi connectivity index (χ1n) is 4.48. The molecule has 0 amide bonds. The molecule has 1 rings (SSSR count). The highest BCUT2D eigenvalue weighted by atomic mass is 16.2. The van der Waals surface area contributed by atoms with E-state index >= 15 is 0 Å². The second kappa shape index (κ2) is 5.52. The topological polar surface area (TPSA) is 44.3 Å². The third-order valence-electron chi connectivity index (χ3n) is 2.09. The molecule has 11 heavy (non-hydrogen) atoms. The van der Waals surface area contributed by atoms with Crippen LogP contribution in [0.15, 0.2) is 0 Å². The van der Waals surface area contributed by atoms with E-state index in [4.69, 9.17) is 5.11 Å². The van der Waals surface area contributed by atoms with E-state index in [1.165, 1.54) is 6.42 Å². The maximum atomic E-state index is 8.56. The van der Waals surface area contributed by atoms with Crippen molar-refractivity contribution >= 4 is 0 Å². The molecule has 0 unspecified atom stereocenters. The number of aliphatic hydroxyl groups excluding tert-OH is 1. The Bertz CT molecular complexity index is 92.1. The lowest BCUT2D eigenvalue weighted by atomic mass is 10.1. The number of hydrogen-bond acceptors (Lipinski definition) is 3. The van der Waals surface area contributed by atoms with Crippen molar-refractivity contribution in [3.63, 3.8) is 0 Å². The number of unbranched alkanes of at least 4 members (excludes halogenated alkanes) is 1. The SMILES string of the molecule is OCCCC[C@H]1CNCCN1. The molecule has 0 aromatic carbocycles. The van der Waals surface area contributed by atoms with Gasteiger partial charge < -0.3 is 15.7 Å². The fourth-order valence-electron chi connectivity index (χ4n) is 1.42. The molecule has 66 valence electrons. The maximum Gasteiger partial charge on any atom is 0.0431 e. The fraction of sp³-hybridized carbons (Fsp3) is 1.00. The largest absolute Gasteiger partial charge is 0.396 e. The molecule has 1 aliphatic heterocycles. The molecule has 1 aliphatic rings. The number of aliphatic hydroxyl groups is 1. The molecule has 0 aromatic rings. The molecule has 1 atom stereocenters. The van der Waals surface area contributed by atoms with E-state index in [0.717, 1.165) is 32.5 Å². The summed E-state index contributed by atoms with van der Waals surface area (Å²) < 4.78 is 0. The average Bonchev–Trinajstić information content (AvgIpc) is 2.07. The van der Waals surface area contributed by atoms with Gasteiger partial charge in [0.05, 0.1) is 0 Å². The van der Waals surface area contributed by atoms with Crippen molar-refractivity contribution in [2.75, 3.05) is 26.2 Å². The van der Waals surface area contributed by atoms with Gasteiger partial charge in [-0.1, -0.05) is 0 Å². The fourth-order valence-corrected chi connectivity index (χ4v) is 1.42. The van der Waals surface area contributed by atoms with Crippen molar-refractivity contribution in [2.24, 2.45) is 0 Å². The zero-order valence-corrected chi connectivity index (χ0v) is 6.97. The Kier molecular flexibility index (Phi) is 4.50. The Labute approximate surface area is 68.2 Å². The van der Waals surface area contributed by atoms with E-state index < -0.39 is 0 Å². The van der Waals surface area contributed by atoms with Gasteiger partial charge in [0.15, 0.2) is 0 Å². The van der Waals surface area contributed by atoms with Gasteiger partial charge in [-0.05, 0) is 19.3 Å². The summed E-state index contributed by atoms with van der Waals surface area (Å²) in [7, 11) is 0. The first-order valence-corrected chi connectivity index (χ1v) is 4.48. The van der Waals surface area contributed by atoms with Crippen molar-refractivity contribution < 1.29 is 5.11 Å². The Morgan fingerprint density at radius 2 is 2.18 bits per heavy atom. The van der Waals surface area contributed by atoms with Gasteiger partial charge in [-0.15, -0.1) is 0 Å². The lowest BCUT2D eigenvalue weighted by Gasteiger charge is -2.24. The standard InChI is InChI=1S/C8H18N2O/c11-6-2-1-3-8-7-9-4-5-10-8/h8-11H,1-7H2/t8-/m0/s1. The van der Waals surface area contributed by atoms with Crippen LogP contribution in [0.2, 0.25) is 0 Å². The van der Waals surface area contributed by atoms with Crippen LogP contribution in [0.25, 0.3) is 0 Å². The third kappa shape index (κ3) is 3.70. The summed E-state index contributed by atoms with van der Waals surface area (Å²) in [6, 6.07) is 0.635. The first kappa shape index (κ1) is 8.97. The van der Waals surface area contributed by atoms with Crippen molar-refractivity contribution in [1.82, 2.24) is 10.6 Å². The van der Waals surface area contributed by atoms with E-state index in [1.54, 1.807) is 0 Å². The highest BCUT2D eigenvalue weighted by Crippen LogP contribution is 2.00. The predicted octanol–water partition coefficient (Wildman–Crippen LogP) is -0.290. The van der Waals surface area contributed by atoms with E-state index in [1.807, 2.05) is 0 Å². The van der Waals surface area contributed by atoms with Crippen molar-refractivity contribution in [3.8, 4) is 0 Å². The molecule has 0 aliphatic carbocycles. The molecule has 0 saturated carbocycles. The predicted molar refractivity (Wildman–Crippen MR) is 45.6 cm³/mol. The van der Waals surface area contributed by atoms with Gasteiger partial charge in [0.25, 0.3) is 0 Å². The molecule has 1 fully saturated rings. The number of hydrogen-bond donors (Lipinski definition) is 3. The summed E-state index contributed by atoms with van der Waals surface area (Å²) in [5.41, 5.74) is 0. The summed E-state index contributed by atoms with van der Waals surface area (Å²) in [6.07, 6.45) is 3.27. The van der Waals surface area contributed by atoms with Crippen LogP contribution in [0.4, 0.5) is 0 Å². The smallest absolute Gasteiger partial charge is 0.0431 e. The molecule has 3 N–H and O–H groups in total. The molecule has 0 radical (unpaired) electrons. The van der Waals surface area contributed by atoms with Crippen LogP contribution in [0, 0.1) is 0 Å². The van der Waals surface area contributed by atoms with Crippen LogP contribution in [-0.2, 0) is 0 Å². The summed E-state index contributed by atoms with van der Waals surface area (Å²) in [5.74, 6) is 0. The quantitative estimate of drug-likeness (QED) is 0.493. The third-order valence-corrected chi connectivity index (χ3v) is 2.09. The summed E-state index contributed by atoms with van der Waals surface area (Å²) in [6.45, 7) is 3.60. The molecule has 0 aromatic heterocycles. The van der Waals surface area contributed by atoms with Crippen molar-refractivity contribution in [2.45, 2.75) is 25.3 Å².